The molecule has 22 heavy (non-hydrogen) atoms. The molecule has 1 aromatic carbocycles. The van der Waals surface area contributed by atoms with Gasteiger partial charge in [-0.25, -0.2) is 4.79 Å². The van der Waals surface area contributed by atoms with E-state index < -0.39 is 11.5 Å². The average Bonchev–Trinajstić information content (AvgIpc) is 3.04. The number of carbonyl (C=O) groups excluding carboxylic acids is 1. The first-order valence-electron chi connectivity index (χ1n) is 7.19. The molecule has 2 N–H and O–H groups in total. The molecule has 0 saturated carbocycles. The SMILES string of the molecule is CCC(NC(=O)CCc1ccoc1)(C(=O)O)c1ccccc1. The lowest BCUT2D eigenvalue weighted by Gasteiger charge is -2.30. The zero-order valence-electron chi connectivity index (χ0n) is 12.4. The van der Waals surface area contributed by atoms with Gasteiger partial charge in [-0.1, -0.05) is 37.3 Å². The smallest absolute Gasteiger partial charge is 0.334 e. The van der Waals surface area contributed by atoms with Gasteiger partial charge in [0.1, 0.15) is 0 Å². The van der Waals surface area contributed by atoms with Crippen LogP contribution < -0.4 is 5.32 Å². The van der Waals surface area contributed by atoms with Crippen molar-refractivity contribution >= 4 is 11.9 Å². The van der Waals surface area contributed by atoms with Crippen molar-refractivity contribution in [2.75, 3.05) is 0 Å². The molecule has 5 heteroatoms. The lowest BCUT2D eigenvalue weighted by Crippen LogP contribution is -2.51. The van der Waals surface area contributed by atoms with Gasteiger partial charge in [0.05, 0.1) is 12.5 Å². The summed E-state index contributed by atoms with van der Waals surface area (Å²) in [4.78, 5) is 24.0. The summed E-state index contributed by atoms with van der Waals surface area (Å²) < 4.78 is 4.95. The third-order valence-corrected chi connectivity index (χ3v) is 3.74. The minimum absolute atomic E-state index is 0.210. The minimum Gasteiger partial charge on any atom is -0.479 e. The molecule has 1 heterocycles. The van der Waals surface area contributed by atoms with Crippen LogP contribution in [0.15, 0.2) is 53.3 Å². The van der Waals surface area contributed by atoms with Gasteiger partial charge < -0.3 is 14.8 Å². The van der Waals surface area contributed by atoms with E-state index in [4.69, 9.17) is 4.42 Å². The molecular weight excluding hydrogens is 282 g/mol. The summed E-state index contributed by atoms with van der Waals surface area (Å²) in [7, 11) is 0. The fraction of sp³-hybridized carbons (Fsp3) is 0.294. The van der Waals surface area contributed by atoms with E-state index in [0.29, 0.717) is 12.0 Å². The molecule has 0 aliphatic carbocycles. The Morgan fingerprint density at radius 1 is 1.23 bits per heavy atom. The number of carboxylic acids is 1. The van der Waals surface area contributed by atoms with E-state index in [1.165, 1.54) is 0 Å². The van der Waals surface area contributed by atoms with Crippen LogP contribution in [0, 0.1) is 0 Å². The van der Waals surface area contributed by atoms with Crippen molar-refractivity contribution in [1.29, 1.82) is 0 Å². The highest BCUT2D eigenvalue weighted by Crippen LogP contribution is 2.25. The lowest BCUT2D eigenvalue weighted by molar-refractivity contribution is -0.148. The maximum Gasteiger partial charge on any atom is 0.334 e. The molecule has 0 spiro atoms. The first-order chi connectivity index (χ1) is 10.6. The molecule has 2 aromatic rings. The second-order valence-electron chi connectivity index (χ2n) is 5.11. The van der Waals surface area contributed by atoms with Crippen LogP contribution >= 0.6 is 0 Å². The Labute approximate surface area is 129 Å². The predicted molar refractivity (Wildman–Crippen MR) is 81.2 cm³/mol. The number of carboxylic acid groups (broad SMARTS) is 1. The number of carbonyl (C=O) groups is 2. The topological polar surface area (TPSA) is 79.5 Å². The first-order valence-corrected chi connectivity index (χ1v) is 7.19. The predicted octanol–water partition coefficient (Wildman–Crippen LogP) is 2.72. The van der Waals surface area contributed by atoms with Gasteiger partial charge in [0, 0.05) is 6.42 Å². The Morgan fingerprint density at radius 3 is 2.50 bits per heavy atom. The van der Waals surface area contributed by atoms with Gasteiger partial charge in [-0.15, -0.1) is 0 Å². The number of benzene rings is 1. The van der Waals surface area contributed by atoms with Crippen LogP contribution in [-0.2, 0) is 21.5 Å². The van der Waals surface area contributed by atoms with Gasteiger partial charge in [-0.2, -0.15) is 0 Å². The number of rotatable bonds is 7. The number of aliphatic carboxylic acids is 1. The third kappa shape index (κ3) is 3.36. The summed E-state index contributed by atoms with van der Waals surface area (Å²) >= 11 is 0. The number of hydrogen-bond donors (Lipinski definition) is 2. The molecule has 5 nitrogen and oxygen atoms in total. The van der Waals surface area contributed by atoms with E-state index in [9.17, 15) is 14.7 Å². The van der Waals surface area contributed by atoms with Gasteiger partial charge in [0.25, 0.3) is 0 Å². The van der Waals surface area contributed by atoms with Crippen molar-refractivity contribution in [1.82, 2.24) is 5.32 Å². The van der Waals surface area contributed by atoms with E-state index in [1.54, 1.807) is 49.8 Å². The number of aryl methyl sites for hydroxylation is 1. The van der Waals surface area contributed by atoms with Crippen molar-refractivity contribution in [2.24, 2.45) is 0 Å². The maximum atomic E-state index is 12.2. The van der Waals surface area contributed by atoms with E-state index in [1.807, 2.05) is 6.07 Å². The van der Waals surface area contributed by atoms with Gasteiger partial charge in [0.15, 0.2) is 5.54 Å². The van der Waals surface area contributed by atoms with Crippen LogP contribution in [0.3, 0.4) is 0 Å². The molecular formula is C17H19NO4. The first kappa shape index (κ1) is 15.8. The lowest BCUT2D eigenvalue weighted by atomic mass is 9.87. The molecule has 0 saturated heterocycles. The third-order valence-electron chi connectivity index (χ3n) is 3.74. The molecule has 1 atom stereocenters. The summed E-state index contributed by atoms with van der Waals surface area (Å²) in [5.74, 6) is -1.35. The van der Waals surface area contributed by atoms with Gasteiger partial charge >= 0.3 is 5.97 Å². The number of furan rings is 1. The van der Waals surface area contributed by atoms with E-state index in [-0.39, 0.29) is 18.7 Å². The Kier molecular flexibility index (Phi) is 4.99. The number of hydrogen-bond acceptors (Lipinski definition) is 3. The van der Waals surface area contributed by atoms with Gasteiger partial charge in [0.2, 0.25) is 5.91 Å². The summed E-state index contributed by atoms with van der Waals surface area (Å²) in [5.41, 5.74) is 0.0864. The Balaban J connectivity index is 2.13. The molecule has 0 bridgehead atoms. The fourth-order valence-corrected chi connectivity index (χ4v) is 2.41. The Hall–Kier alpha value is -2.56. The van der Waals surface area contributed by atoms with Crippen molar-refractivity contribution in [3.05, 3.63) is 60.1 Å². The molecule has 0 fully saturated rings. The molecule has 116 valence electrons. The molecule has 1 unspecified atom stereocenters. The fourth-order valence-electron chi connectivity index (χ4n) is 2.41. The van der Waals surface area contributed by atoms with Crippen molar-refractivity contribution < 1.29 is 19.1 Å². The molecule has 0 aliphatic heterocycles. The second-order valence-corrected chi connectivity index (χ2v) is 5.11. The summed E-state index contributed by atoms with van der Waals surface area (Å²) in [6.45, 7) is 1.75. The molecule has 0 aliphatic rings. The quantitative estimate of drug-likeness (QED) is 0.824. The van der Waals surface area contributed by atoms with E-state index in [2.05, 4.69) is 5.32 Å². The number of nitrogens with one attached hydrogen (secondary N) is 1. The van der Waals surface area contributed by atoms with Gasteiger partial charge in [-0.05, 0) is 30.0 Å². The highest BCUT2D eigenvalue weighted by molar-refractivity contribution is 5.88. The molecule has 0 radical (unpaired) electrons. The monoisotopic (exact) mass is 301 g/mol. The molecule has 2 rings (SSSR count). The van der Waals surface area contributed by atoms with Crippen LogP contribution in [-0.4, -0.2) is 17.0 Å². The normalized spacial score (nSPS) is 13.3. The van der Waals surface area contributed by atoms with Crippen LogP contribution in [0.5, 0.6) is 0 Å². The van der Waals surface area contributed by atoms with Crippen LogP contribution in [0.1, 0.15) is 30.9 Å². The Bertz CT molecular complexity index is 621. The van der Waals surface area contributed by atoms with E-state index in [0.717, 1.165) is 5.56 Å². The second kappa shape index (κ2) is 6.93. The van der Waals surface area contributed by atoms with Crippen LogP contribution in [0.25, 0.3) is 0 Å². The van der Waals surface area contributed by atoms with Crippen molar-refractivity contribution in [3.63, 3.8) is 0 Å². The zero-order chi connectivity index (χ0) is 16.0. The maximum absolute atomic E-state index is 12.2. The number of amides is 1. The standard InChI is InChI=1S/C17H19NO4/c1-2-17(16(20)21,14-6-4-3-5-7-14)18-15(19)9-8-13-10-11-22-12-13/h3-7,10-12H,2,8-9H2,1H3,(H,18,19)(H,20,21). The van der Waals surface area contributed by atoms with E-state index >= 15 is 0 Å². The molecule has 1 amide bonds. The minimum atomic E-state index is -1.39. The van der Waals surface area contributed by atoms with Crippen molar-refractivity contribution in [3.8, 4) is 0 Å². The summed E-state index contributed by atoms with van der Waals surface area (Å²) in [6.07, 6.45) is 4.11. The highest BCUT2D eigenvalue weighted by Gasteiger charge is 2.39. The zero-order valence-corrected chi connectivity index (χ0v) is 12.4. The summed E-state index contributed by atoms with van der Waals surface area (Å²) in [5, 5.41) is 12.3. The van der Waals surface area contributed by atoms with Crippen LogP contribution in [0.4, 0.5) is 0 Å². The van der Waals surface area contributed by atoms with Gasteiger partial charge in [-0.3, -0.25) is 4.79 Å². The summed E-state index contributed by atoms with van der Waals surface area (Å²) in [6, 6.07) is 10.6. The van der Waals surface area contributed by atoms with Crippen LogP contribution in [0.2, 0.25) is 0 Å². The average molecular weight is 301 g/mol. The van der Waals surface area contributed by atoms with Crippen molar-refractivity contribution in [2.45, 2.75) is 31.7 Å². The largest absolute Gasteiger partial charge is 0.479 e. The highest BCUT2D eigenvalue weighted by atomic mass is 16.4. The molecule has 1 aromatic heterocycles. The Morgan fingerprint density at radius 2 is 1.95 bits per heavy atom.